The summed E-state index contributed by atoms with van der Waals surface area (Å²) in [7, 11) is 7.39. The number of alkyl halides is 3. The fraction of sp³-hybridized carbons (Fsp3) is 0.357. The number of halogens is 4. The highest BCUT2D eigenvalue weighted by Gasteiger charge is 2.41. The van der Waals surface area contributed by atoms with Gasteiger partial charge in [-0.1, -0.05) is 12.1 Å². The number of hydrogen-bond donors (Lipinski definition) is 1. The maximum Gasteiger partial charge on any atom is 0.416 e. The number of nitrogens with one attached hydrogen (secondary N) is 1. The van der Waals surface area contributed by atoms with Gasteiger partial charge in [-0.25, -0.2) is 19.3 Å². The molecule has 0 amide bonds. The number of nitrogens with zero attached hydrogens (tertiary/aromatic N) is 5. The van der Waals surface area contributed by atoms with Crippen molar-refractivity contribution in [3.05, 3.63) is 86.5 Å². The average molecular weight is 682 g/mol. The zero-order chi connectivity index (χ0) is 29.4. The molecule has 1 aliphatic heterocycles. The molecule has 2 aromatic carbocycles. The molecule has 0 saturated carbocycles. The number of carbonyl (C=O) groups excluding carboxylic acids is 1. The molecule has 1 aliphatic rings. The number of carbonyl (C=O) groups is 1. The second-order valence-corrected chi connectivity index (χ2v) is 10.6. The molecule has 4 rings (SSSR count). The molecule has 0 spiro atoms. The van der Waals surface area contributed by atoms with E-state index in [1.807, 2.05) is 0 Å². The Morgan fingerprint density at radius 2 is 1.90 bits per heavy atom. The van der Waals surface area contributed by atoms with Crippen molar-refractivity contribution in [2.75, 3.05) is 39.7 Å². The largest absolute Gasteiger partial charge is 1.00 e. The fourth-order valence-electron chi connectivity index (χ4n) is 4.98. The van der Waals surface area contributed by atoms with Gasteiger partial charge >= 0.3 is 17.8 Å². The van der Waals surface area contributed by atoms with Crippen molar-refractivity contribution in [2.45, 2.75) is 32.0 Å². The van der Waals surface area contributed by atoms with Crippen LogP contribution in [-0.2, 0) is 22.1 Å². The SMILES string of the molecule is COC(=O)C1=C(C)N(c2cccc(C(F)(F)F)c2)c2n[nH]c(=O)n2C1c1ccc(C#N)cc1CCC[N+](C)(C)C.[I-]. The first-order valence-electron chi connectivity index (χ1n) is 12.5. The smallest absolute Gasteiger partial charge is 0.416 e. The Balaban J connectivity index is 0.00000462. The summed E-state index contributed by atoms with van der Waals surface area (Å²) in [5, 5.41) is 16.1. The molecule has 41 heavy (non-hydrogen) atoms. The minimum atomic E-state index is -4.61. The number of allylic oxidation sites excluding steroid dienone is 1. The number of hydrogen-bond acceptors (Lipinski definition) is 6. The molecule has 13 heteroatoms. The second-order valence-electron chi connectivity index (χ2n) is 10.6. The molecule has 0 fully saturated rings. The van der Waals surface area contributed by atoms with Gasteiger partial charge in [0.05, 0.1) is 57.6 Å². The van der Waals surface area contributed by atoms with Crippen molar-refractivity contribution < 1.29 is 51.2 Å². The third-order valence-corrected chi connectivity index (χ3v) is 6.82. The molecular formula is C28H30F3IN6O3. The lowest BCUT2D eigenvalue weighted by Gasteiger charge is -2.36. The first-order valence-corrected chi connectivity index (χ1v) is 12.5. The minimum absolute atomic E-state index is 0. The van der Waals surface area contributed by atoms with Gasteiger partial charge in [-0.05, 0) is 54.8 Å². The Morgan fingerprint density at radius 1 is 1.20 bits per heavy atom. The van der Waals surface area contributed by atoms with Gasteiger partial charge in [0.25, 0.3) is 0 Å². The Morgan fingerprint density at radius 3 is 2.51 bits per heavy atom. The van der Waals surface area contributed by atoms with Gasteiger partial charge in [-0.3, -0.25) is 4.90 Å². The van der Waals surface area contributed by atoms with Crippen LogP contribution in [0.1, 0.15) is 41.6 Å². The van der Waals surface area contributed by atoms with Crippen molar-refractivity contribution >= 4 is 17.6 Å². The van der Waals surface area contributed by atoms with Gasteiger partial charge < -0.3 is 33.2 Å². The summed E-state index contributed by atoms with van der Waals surface area (Å²) in [4.78, 5) is 27.8. The summed E-state index contributed by atoms with van der Waals surface area (Å²) in [5.41, 5.74) is 0.605. The van der Waals surface area contributed by atoms with Crippen LogP contribution in [0.25, 0.3) is 0 Å². The molecule has 1 atom stereocenters. The lowest BCUT2D eigenvalue weighted by molar-refractivity contribution is -0.870. The van der Waals surface area contributed by atoms with Crippen LogP contribution in [0.15, 0.2) is 58.5 Å². The lowest BCUT2D eigenvalue weighted by atomic mass is 9.88. The van der Waals surface area contributed by atoms with Gasteiger partial charge in [0, 0.05) is 17.8 Å². The van der Waals surface area contributed by atoms with Crippen LogP contribution in [-0.4, -0.2) is 60.0 Å². The minimum Gasteiger partial charge on any atom is -1.00 e. The summed E-state index contributed by atoms with van der Waals surface area (Å²) in [6, 6.07) is 10.7. The number of rotatable bonds is 7. The third kappa shape index (κ3) is 6.48. The van der Waals surface area contributed by atoms with Gasteiger partial charge in [-0.15, -0.1) is 5.10 Å². The van der Waals surface area contributed by atoms with Crippen LogP contribution >= 0.6 is 0 Å². The Kier molecular flexibility index (Phi) is 9.39. The number of esters is 1. The van der Waals surface area contributed by atoms with E-state index in [0.29, 0.717) is 17.5 Å². The molecule has 1 aromatic heterocycles. The predicted molar refractivity (Wildman–Crippen MR) is 142 cm³/mol. The van der Waals surface area contributed by atoms with E-state index in [9.17, 15) is 28.0 Å². The van der Waals surface area contributed by atoms with Crippen molar-refractivity contribution in [1.29, 1.82) is 5.26 Å². The van der Waals surface area contributed by atoms with E-state index in [1.54, 1.807) is 25.1 Å². The highest BCUT2D eigenvalue weighted by molar-refractivity contribution is 5.93. The summed E-state index contributed by atoms with van der Waals surface area (Å²) in [6.07, 6.45) is -3.28. The zero-order valence-electron chi connectivity index (χ0n) is 23.2. The fourth-order valence-corrected chi connectivity index (χ4v) is 4.98. The number of aryl methyl sites for hydroxylation is 1. The van der Waals surface area contributed by atoms with E-state index >= 15 is 0 Å². The van der Waals surface area contributed by atoms with Crippen LogP contribution < -0.4 is 34.6 Å². The number of aromatic amines is 1. The summed E-state index contributed by atoms with van der Waals surface area (Å²) in [6.45, 7) is 2.41. The van der Waals surface area contributed by atoms with Crippen molar-refractivity contribution in [1.82, 2.24) is 14.8 Å². The van der Waals surface area contributed by atoms with E-state index in [2.05, 4.69) is 37.4 Å². The van der Waals surface area contributed by atoms with Gasteiger partial charge in [-0.2, -0.15) is 18.4 Å². The number of anilines is 2. The number of benzene rings is 2. The Bertz CT molecular complexity index is 1580. The number of fused-ring (bicyclic) bond motifs is 1. The molecule has 0 saturated heterocycles. The maximum absolute atomic E-state index is 13.6. The maximum atomic E-state index is 13.6. The van der Waals surface area contributed by atoms with Crippen LogP contribution in [0.5, 0.6) is 0 Å². The molecule has 1 unspecified atom stereocenters. The van der Waals surface area contributed by atoms with E-state index in [1.165, 1.54) is 28.7 Å². The Hall–Kier alpha value is -3.64. The summed E-state index contributed by atoms with van der Waals surface area (Å²) >= 11 is 0. The van der Waals surface area contributed by atoms with Crippen molar-refractivity contribution in [3.8, 4) is 6.07 Å². The van der Waals surface area contributed by atoms with Crippen molar-refractivity contribution in [3.63, 3.8) is 0 Å². The lowest BCUT2D eigenvalue weighted by Crippen LogP contribution is -3.00. The van der Waals surface area contributed by atoms with E-state index in [-0.39, 0.29) is 46.9 Å². The molecule has 1 N–H and O–H groups in total. The van der Waals surface area contributed by atoms with E-state index in [0.717, 1.165) is 35.1 Å². The van der Waals surface area contributed by atoms with E-state index in [4.69, 9.17) is 4.74 Å². The zero-order valence-corrected chi connectivity index (χ0v) is 25.4. The standard InChI is InChI=1S/C28H29F3N6O3.HI/c1-17-23(25(38)40-5)24(22-12-11-18(16-32)14-19(22)8-7-13-37(2,3)4)36-26(33-34-27(36)39)35(17)21-10-6-9-20(15-21)28(29,30)31;/h6,9-12,14-15,24H,7-8,13H2,1-5H3;1H. The third-order valence-electron chi connectivity index (χ3n) is 6.82. The number of ether oxygens (including phenoxy) is 1. The summed E-state index contributed by atoms with van der Waals surface area (Å²) in [5.74, 6) is -0.735. The molecule has 218 valence electrons. The number of aromatic nitrogens is 3. The monoisotopic (exact) mass is 682 g/mol. The van der Waals surface area contributed by atoms with Gasteiger partial charge in [0.1, 0.15) is 6.04 Å². The number of nitriles is 1. The molecule has 3 aromatic rings. The second kappa shape index (κ2) is 12.1. The molecule has 9 nitrogen and oxygen atoms in total. The van der Waals surface area contributed by atoms with Crippen LogP contribution in [0.2, 0.25) is 0 Å². The molecule has 0 radical (unpaired) electrons. The highest BCUT2D eigenvalue weighted by atomic mass is 127. The number of methoxy groups -OCH3 is 1. The normalized spacial score (nSPS) is 15.2. The van der Waals surface area contributed by atoms with Crippen LogP contribution in [0.4, 0.5) is 24.8 Å². The topological polar surface area (TPSA) is 104 Å². The van der Waals surface area contributed by atoms with Gasteiger partial charge in [0.2, 0.25) is 5.95 Å². The van der Waals surface area contributed by atoms with Crippen LogP contribution in [0.3, 0.4) is 0 Å². The van der Waals surface area contributed by atoms with Gasteiger partial charge in [0.15, 0.2) is 0 Å². The molecule has 0 aliphatic carbocycles. The number of H-pyrrole nitrogens is 1. The first-order chi connectivity index (χ1) is 18.8. The first kappa shape index (κ1) is 31.9. The molecular weight excluding hydrogens is 652 g/mol. The number of quaternary nitrogens is 1. The summed E-state index contributed by atoms with van der Waals surface area (Å²) < 4.78 is 47.7. The average Bonchev–Trinajstić information content (AvgIpc) is 3.27. The Labute approximate surface area is 252 Å². The van der Waals surface area contributed by atoms with E-state index < -0.39 is 29.4 Å². The highest BCUT2D eigenvalue weighted by Crippen LogP contribution is 2.43. The predicted octanol–water partition coefficient (Wildman–Crippen LogP) is 1.29. The van der Waals surface area contributed by atoms with Crippen LogP contribution in [0, 0.1) is 11.3 Å². The molecule has 2 heterocycles. The quantitative estimate of drug-likeness (QED) is 0.229. The molecule has 0 bridgehead atoms. The van der Waals surface area contributed by atoms with Crippen molar-refractivity contribution in [2.24, 2.45) is 0 Å².